The van der Waals surface area contributed by atoms with Crippen molar-refractivity contribution in [2.24, 2.45) is 11.8 Å². The Labute approximate surface area is 120 Å². The van der Waals surface area contributed by atoms with Crippen LogP contribution in [-0.2, 0) is 0 Å². The van der Waals surface area contributed by atoms with Crippen LogP contribution in [0.2, 0.25) is 0 Å². The molecule has 2 heterocycles. The molecule has 110 valence electrons. The van der Waals surface area contributed by atoms with E-state index >= 15 is 0 Å². The molecule has 2 aliphatic rings. The standard InChI is InChI=1S/C15H15F2N3O/c16-11-5-4-8(6-12(11)17)14-19-15(21-20-14)13-10-3-1-2-9(10)7-18-13/h4-6,9-10,13,18H,1-3,7H2. The number of fused-ring (bicyclic) bond motifs is 1. The van der Waals surface area contributed by atoms with Crippen molar-refractivity contribution >= 4 is 0 Å². The minimum absolute atomic E-state index is 0.0871. The summed E-state index contributed by atoms with van der Waals surface area (Å²) in [7, 11) is 0. The van der Waals surface area contributed by atoms with Gasteiger partial charge in [0.05, 0.1) is 6.04 Å². The van der Waals surface area contributed by atoms with Crippen LogP contribution in [0.4, 0.5) is 8.78 Å². The molecule has 1 aromatic carbocycles. The molecule has 6 heteroatoms. The molecule has 1 aliphatic heterocycles. The average molecular weight is 291 g/mol. The lowest BCUT2D eigenvalue weighted by Crippen LogP contribution is -2.18. The fourth-order valence-corrected chi connectivity index (χ4v) is 3.57. The van der Waals surface area contributed by atoms with E-state index in [4.69, 9.17) is 4.52 Å². The van der Waals surface area contributed by atoms with Crippen LogP contribution in [0.15, 0.2) is 22.7 Å². The first-order chi connectivity index (χ1) is 10.2. The average Bonchev–Trinajstić information content (AvgIpc) is 3.16. The molecule has 21 heavy (non-hydrogen) atoms. The van der Waals surface area contributed by atoms with Crippen molar-refractivity contribution in [2.45, 2.75) is 25.3 Å². The van der Waals surface area contributed by atoms with Crippen LogP contribution in [0.25, 0.3) is 11.4 Å². The van der Waals surface area contributed by atoms with Crippen molar-refractivity contribution < 1.29 is 13.3 Å². The van der Waals surface area contributed by atoms with Crippen LogP contribution in [0, 0.1) is 23.5 Å². The molecule has 1 saturated carbocycles. The molecule has 0 amide bonds. The van der Waals surface area contributed by atoms with Gasteiger partial charge < -0.3 is 9.84 Å². The topological polar surface area (TPSA) is 51.0 Å². The SMILES string of the molecule is Fc1ccc(-c2noc(C3NCC4CCCC43)n2)cc1F. The number of benzene rings is 1. The van der Waals surface area contributed by atoms with Gasteiger partial charge in [-0.2, -0.15) is 4.98 Å². The number of hydrogen-bond acceptors (Lipinski definition) is 4. The lowest BCUT2D eigenvalue weighted by molar-refractivity contribution is 0.302. The highest BCUT2D eigenvalue weighted by atomic mass is 19.2. The van der Waals surface area contributed by atoms with Gasteiger partial charge in [0, 0.05) is 5.56 Å². The Hall–Kier alpha value is -1.82. The van der Waals surface area contributed by atoms with E-state index < -0.39 is 11.6 Å². The van der Waals surface area contributed by atoms with Gasteiger partial charge in [0.25, 0.3) is 0 Å². The summed E-state index contributed by atoms with van der Waals surface area (Å²) in [5.74, 6) is 0.288. The summed E-state index contributed by atoms with van der Waals surface area (Å²) in [4.78, 5) is 4.36. The van der Waals surface area contributed by atoms with Crippen LogP contribution in [0.1, 0.15) is 31.2 Å². The normalized spacial score (nSPS) is 28.0. The lowest BCUT2D eigenvalue weighted by Gasteiger charge is -2.13. The van der Waals surface area contributed by atoms with Crippen molar-refractivity contribution in [3.63, 3.8) is 0 Å². The second kappa shape index (κ2) is 4.87. The molecular weight excluding hydrogens is 276 g/mol. The zero-order chi connectivity index (χ0) is 14.4. The van der Waals surface area contributed by atoms with Gasteiger partial charge in [0.1, 0.15) is 0 Å². The van der Waals surface area contributed by atoms with Crippen LogP contribution < -0.4 is 5.32 Å². The van der Waals surface area contributed by atoms with E-state index in [0.717, 1.165) is 18.7 Å². The minimum Gasteiger partial charge on any atom is -0.337 e. The maximum atomic E-state index is 13.3. The summed E-state index contributed by atoms with van der Waals surface area (Å²) < 4.78 is 31.6. The number of halogens is 2. The highest BCUT2D eigenvalue weighted by molar-refractivity contribution is 5.54. The van der Waals surface area contributed by atoms with Gasteiger partial charge in [-0.3, -0.25) is 0 Å². The predicted octanol–water partition coefficient (Wildman–Crippen LogP) is 3.08. The van der Waals surface area contributed by atoms with Gasteiger partial charge in [-0.05, 0) is 49.4 Å². The third-order valence-electron chi connectivity index (χ3n) is 4.63. The Kier molecular flexibility index (Phi) is 2.99. The van der Waals surface area contributed by atoms with Crippen molar-refractivity contribution in [1.29, 1.82) is 0 Å². The maximum absolute atomic E-state index is 13.3. The van der Waals surface area contributed by atoms with Crippen LogP contribution in [-0.4, -0.2) is 16.7 Å². The second-order valence-electron chi connectivity index (χ2n) is 5.83. The molecule has 2 aromatic rings. The minimum atomic E-state index is -0.909. The van der Waals surface area contributed by atoms with E-state index in [-0.39, 0.29) is 6.04 Å². The van der Waals surface area contributed by atoms with Gasteiger partial charge in [-0.15, -0.1) is 0 Å². The molecule has 4 nitrogen and oxygen atoms in total. The fourth-order valence-electron chi connectivity index (χ4n) is 3.57. The summed E-state index contributed by atoms with van der Waals surface area (Å²) >= 11 is 0. The van der Waals surface area contributed by atoms with Gasteiger partial charge >= 0.3 is 0 Å². The first-order valence-electron chi connectivity index (χ1n) is 7.25. The zero-order valence-electron chi connectivity index (χ0n) is 11.4. The Morgan fingerprint density at radius 2 is 2.10 bits per heavy atom. The van der Waals surface area contributed by atoms with E-state index in [0.29, 0.717) is 29.1 Å². The maximum Gasteiger partial charge on any atom is 0.244 e. The number of nitrogens with zero attached hydrogens (tertiary/aromatic N) is 2. The highest BCUT2D eigenvalue weighted by Crippen LogP contribution is 2.44. The summed E-state index contributed by atoms with van der Waals surface area (Å²) in [6.07, 6.45) is 3.67. The molecule has 3 atom stereocenters. The molecule has 1 aromatic heterocycles. The van der Waals surface area contributed by atoms with Crippen LogP contribution >= 0.6 is 0 Å². The number of hydrogen-bond donors (Lipinski definition) is 1. The number of nitrogens with one attached hydrogen (secondary N) is 1. The molecule has 0 spiro atoms. The third kappa shape index (κ3) is 2.14. The van der Waals surface area contributed by atoms with Crippen LogP contribution in [0.3, 0.4) is 0 Å². The summed E-state index contributed by atoms with van der Waals surface area (Å²) in [6.45, 7) is 0.984. The largest absolute Gasteiger partial charge is 0.337 e. The van der Waals surface area contributed by atoms with Crippen molar-refractivity contribution in [1.82, 2.24) is 15.5 Å². The molecule has 1 aliphatic carbocycles. The molecule has 0 radical (unpaired) electrons. The number of aromatic nitrogens is 2. The fraction of sp³-hybridized carbons (Fsp3) is 0.467. The van der Waals surface area contributed by atoms with Gasteiger partial charge in [0.15, 0.2) is 11.6 Å². The van der Waals surface area contributed by atoms with E-state index in [9.17, 15) is 8.78 Å². The third-order valence-corrected chi connectivity index (χ3v) is 4.63. The molecule has 3 unspecified atom stereocenters. The Morgan fingerprint density at radius 1 is 1.19 bits per heavy atom. The Balaban J connectivity index is 1.62. The van der Waals surface area contributed by atoms with Crippen molar-refractivity contribution in [3.05, 3.63) is 35.7 Å². The summed E-state index contributed by atoms with van der Waals surface area (Å²) in [5.41, 5.74) is 0.421. The smallest absolute Gasteiger partial charge is 0.244 e. The zero-order valence-corrected chi connectivity index (χ0v) is 11.4. The monoisotopic (exact) mass is 291 g/mol. The quantitative estimate of drug-likeness (QED) is 0.924. The van der Waals surface area contributed by atoms with Gasteiger partial charge in [0.2, 0.25) is 11.7 Å². The Bertz CT molecular complexity index is 673. The van der Waals surface area contributed by atoms with Crippen LogP contribution in [0.5, 0.6) is 0 Å². The molecule has 2 fully saturated rings. The molecule has 4 rings (SSSR count). The first kappa shape index (κ1) is 12.9. The van der Waals surface area contributed by atoms with E-state index in [1.807, 2.05) is 0 Å². The first-order valence-corrected chi connectivity index (χ1v) is 7.25. The highest BCUT2D eigenvalue weighted by Gasteiger charge is 2.42. The van der Waals surface area contributed by atoms with Gasteiger partial charge in [-0.1, -0.05) is 11.6 Å². The van der Waals surface area contributed by atoms with Gasteiger partial charge in [-0.25, -0.2) is 8.78 Å². The predicted molar refractivity (Wildman–Crippen MR) is 71.2 cm³/mol. The Morgan fingerprint density at radius 3 is 2.95 bits per heavy atom. The second-order valence-corrected chi connectivity index (χ2v) is 5.83. The lowest BCUT2D eigenvalue weighted by atomic mass is 9.94. The molecule has 0 bridgehead atoms. The van der Waals surface area contributed by atoms with Crippen molar-refractivity contribution in [3.8, 4) is 11.4 Å². The summed E-state index contributed by atoms with van der Waals surface area (Å²) in [5, 5.41) is 7.33. The summed E-state index contributed by atoms with van der Waals surface area (Å²) in [6, 6.07) is 3.70. The number of rotatable bonds is 2. The molecule has 1 saturated heterocycles. The van der Waals surface area contributed by atoms with E-state index in [1.54, 1.807) is 0 Å². The van der Waals surface area contributed by atoms with E-state index in [1.165, 1.54) is 25.3 Å². The van der Waals surface area contributed by atoms with E-state index in [2.05, 4.69) is 15.5 Å². The molecule has 1 N–H and O–H groups in total. The molecular formula is C15H15F2N3O. The van der Waals surface area contributed by atoms with Crippen molar-refractivity contribution in [2.75, 3.05) is 6.54 Å².